The zero-order chi connectivity index (χ0) is 29.9. The second-order valence-electron chi connectivity index (χ2n) is 8.75. The first-order valence-corrected chi connectivity index (χ1v) is 17.9. The molecule has 3 aromatic carbocycles. The molecule has 0 radical (unpaired) electrons. The topological polar surface area (TPSA) is 162 Å². The van der Waals surface area contributed by atoms with Crippen molar-refractivity contribution < 1.29 is 42.7 Å². The van der Waals surface area contributed by atoms with Gasteiger partial charge in [0.1, 0.15) is 24.1 Å². The van der Waals surface area contributed by atoms with Crippen LogP contribution in [0.25, 0.3) is 0 Å². The third-order valence-corrected chi connectivity index (χ3v) is 8.69. The van der Waals surface area contributed by atoms with Crippen LogP contribution in [-0.2, 0) is 27.4 Å². The second kappa shape index (κ2) is 15.5. The van der Waals surface area contributed by atoms with E-state index in [0.29, 0.717) is 17.9 Å². The number of benzene rings is 3. The van der Waals surface area contributed by atoms with Crippen LogP contribution in [0, 0.1) is 0 Å². The fourth-order valence-corrected chi connectivity index (χ4v) is 6.01. The van der Waals surface area contributed by atoms with Gasteiger partial charge in [-0.3, -0.25) is 18.6 Å². The lowest BCUT2D eigenvalue weighted by molar-refractivity contribution is 0.120. The van der Waals surface area contributed by atoms with Gasteiger partial charge in [-0.1, -0.05) is 35.1 Å². The summed E-state index contributed by atoms with van der Waals surface area (Å²) in [7, 11) is -8.76. The number of para-hydroxylation sites is 1. The third kappa shape index (κ3) is 13.2. The van der Waals surface area contributed by atoms with Crippen LogP contribution in [-0.4, -0.2) is 68.4 Å². The van der Waals surface area contributed by atoms with E-state index in [1.165, 1.54) is 0 Å². The Kier molecular flexibility index (Phi) is 12.4. The van der Waals surface area contributed by atoms with Gasteiger partial charge in [0.15, 0.2) is 5.75 Å². The molecule has 41 heavy (non-hydrogen) atoms. The molecule has 0 saturated carbocycles. The van der Waals surface area contributed by atoms with Gasteiger partial charge in [-0.25, -0.2) is 0 Å². The van der Waals surface area contributed by atoms with E-state index in [2.05, 4.69) is 5.10 Å². The zero-order valence-corrected chi connectivity index (χ0v) is 25.5. The molecule has 4 N–H and O–H groups in total. The highest BCUT2D eigenvalue weighted by Gasteiger charge is 2.25. The van der Waals surface area contributed by atoms with E-state index >= 15 is 0 Å². The average molecular weight is 643 g/mol. The summed E-state index contributed by atoms with van der Waals surface area (Å²) in [6.45, 7) is 0.139. The molecule has 3 rings (SSSR count). The quantitative estimate of drug-likeness (QED) is 0.0759. The Hall–Kier alpha value is -2.69. The normalized spacial score (nSPS) is 12.4. The minimum absolute atomic E-state index is 0.0518. The molecule has 220 valence electrons. The Balaban J connectivity index is 1.45. The van der Waals surface area contributed by atoms with Crippen molar-refractivity contribution in [1.29, 1.82) is 0 Å². The number of hydrazone groups is 1. The summed E-state index contributed by atoms with van der Waals surface area (Å²) in [4.78, 5) is 37.8. The van der Waals surface area contributed by atoms with E-state index in [1.807, 2.05) is 54.6 Å². The van der Waals surface area contributed by atoms with Gasteiger partial charge < -0.3 is 29.0 Å². The predicted molar refractivity (Wildman–Crippen MR) is 160 cm³/mol. The van der Waals surface area contributed by atoms with Crippen LogP contribution in [0.3, 0.4) is 0 Å². The molecule has 0 aliphatic rings. The number of hydrogen-bond donors (Lipinski definition) is 4. The maximum absolute atomic E-state index is 11.3. The largest absolute Gasteiger partial charge is 0.540 e. The molecule has 0 saturated heterocycles. The Labute approximate surface area is 244 Å². The minimum atomic E-state index is -4.48. The van der Waals surface area contributed by atoms with Crippen molar-refractivity contribution >= 4 is 40.3 Å². The van der Waals surface area contributed by atoms with E-state index in [4.69, 9.17) is 25.8 Å². The van der Waals surface area contributed by atoms with Crippen molar-refractivity contribution in [3.63, 3.8) is 0 Å². The van der Waals surface area contributed by atoms with Crippen molar-refractivity contribution in [2.45, 2.75) is 6.42 Å². The average Bonchev–Trinajstić information content (AvgIpc) is 2.91. The van der Waals surface area contributed by atoms with Crippen molar-refractivity contribution in [1.82, 2.24) is 9.68 Å². The molecule has 0 aliphatic heterocycles. The molecular formula is C25H31N3O9P3S+. The van der Waals surface area contributed by atoms with Gasteiger partial charge in [-0.05, 0) is 66.1 Å². The summed E-state index contributed by atoms with van der Waals surface area (Å²) in [6.07, 6.45) is 0.485. The summed E-state index contributed by atoms with van der Waals surface area (Å²) in [6, 6.07) is 23.6. The molecule has 3 aromatic rings. The maximum Gasteiger partial charge on any atom is 0.540 e. The Bertz CT molecular complexity index is 1360. The predicted octanol–water partition coefficient (Wildman–Crippen LogP) is 4.34. The van der Waals surface area contributed by atoms with E-state index < -0.39 is 34.8 Å². The van der Waals surface area contributed by atoms with Gasteiger partial charge >= 0.3 is 22.3 Å². The van der Waals surface area contributed by atoms with Crippen LogP contribution in [0.4, 0.5) is 0 Å². The number of nitrogens with zero attached hydrogens (tertiary/aromatic N) is 3. The van der Waals surface area contributed by atoms with E-state index in [0.717, 1.165) is 21.8 Å². The highest BCUT2D eigenvalue weighted by atomic mass is 32.4. The van der Waals surface area contributed by atoms with Crippen molar-refractivity contribution in [3.05, 3.63) is 90.0 Å². The summed E-state index contributed by atoms with van der Waals surface area (Å²) >= 11 is 5.45. The summed E-state index contributed by atoms with van der Waals surface area (Å²) in [5.74, 6) is 1.89. The Morgan fingerprint density at radius 2 is 1.37 bits per heavy atom. The number of hydrogen-bond acceptors (Lipinski definition) is 8. The maximum atomic E-state index is 11.3. The van der Waals surface area contributed by atoms with Gasteiger partial charge in [-0.2, -0.15) is 0 Å². The van der Waals surface area contributed by atoms with E-state index in [1.54, 1.807) is 42.3 Å². The summed E-state index contributed by atoms with van der Waals surface area (Å²) in [5, 5.41) is 4.36. The van der Waals surface area contributed by atoms with Crippen molar-refractivity contribution in [2.24, 2.45) is 5.10 Å². The Morgan fingerprint density at radius 3 is 1.93 bits per heavy atom. The molecule has 0 spiro atoms. The zero-order valence-electron chi connectivity index (χ0n) is 22.0. The lowest BCUT2D eigenvalue weighted by atomic mass is 10.1. The van der Waals surface area contributed by atoms with Crippen LogP contribution in [0.2, 0.25) is 0 Å². The SMILES string of the molecule is CN(/N=C/c1ccc(OCOc2ccccc2)cc1)[P+](=S)Oc1ccc(CCN(CP(=O)(O)O)CP(=O)(O)O)cc1. The molecule has 12 nitrogen and oxygen atoms in total. The van der Waals surface area contributed by atoms with Crippen LogP contribution in [0.5, 0.6) is 17.2 Å². The number of rotatable bonds is 16. The van der Waals surface area contributed by atoms with Gasteiger partial charge in [0.05, 0.1) is 13.3 Å². The van der Waals surface area contributed by atoms with Crippen molar-refractivity contribution in [3.8, 4) is 17.2 Å². The molecule has 0 aromatic heterocycles. The standard InChI is InChI=1S/C25H30N3O9P3S/c1-27(26-17-22-9-11-24(12-10-22)36-20-35-23-5-3-2-4-6-23)38(41)37-25-13-7-21(8-14-25)15-16-28(18-39(29,30)31)19-40(32,33)34/h2-14,17H,15-16,18-20H2,1H3,(H3-,29,30,31,32,33,34)/p+1/b26-17+. The first kappa shape index (κ1) is 32.8. The molecule has 0 amide bonds. The monoisotopic (exact) mass is 642 g/mol. The molecular weight excluding hydrogens is 611 g/mol. The summed E-state index contributed by atoms with van der Waals surface area (Å²) < 4.78 is 41.1. The van der Waals surface area contributed by atoms with Crippen LogP contribution in [0.1, 0.15) is 11.1 Å². The van der Waals surface area contributed by atoms with Crippen molar-refractivity contribution in [2.75, 3.05) is 33.0 Å². The fourth-order valence-electron chi connectivity index (χ4n) is 3.39. The van der Waals surface area contributed by atoms with E-state index in [-0.39, 0.29) is 13.3 Å². The fraction of sp³-hybridized carbons (Fsp3) is 0.240. The van der Waals surface area contributed by atoms with Crippen LogP contribution >= 0.6 is 22.3 Å². The Morgan fingerprint density at radius 1 is 0.829 bits per heavy atom. The lowest BCUT2D eigenvalue weighted by Gasteiger charge is -2.22. The minimum Gasteiger partial charge on any atom is -0.458 e. The highest BCUT2D eigenvalue weighted by molar-refractivity contribution is 8.02. The summed E-state index contributed by atoms with van der Waals surface area (Å²) in [5.41, 5.74) is 1.63. The molecule has 1 unspecified atom stereocenters. The molecule has 0 bridgehead atoms. The van der Waals surface area contributed by atoms with Gasteiger partial charge in [0.2, 0.25) is 18.6 Å². The van der Waals surface area contributed by atoms with E-state index in [9.17, 15) is 28.7 Å². The molecule has 0 aliphatic carbocycles. The van der Waals surface area contributed by atoms with Crippen LogP contribution in [0.15, 0.2) is 84.0 Å². The molecule has 1 atom stereocenters. The second-order valence-corrected chi connectivity index (χ2v) is 14.2. The third-order valence-electron chi connectivity index (χ3n) is 5.28. The molecule has 0 heterocycles. The lowest BCUT2D eigenvalue weighted by Crippen LogP contribution is -2.28. The first-order valence-electron chi connectivity index (χ1n) is 12.1. The van der Waals surface area contributed by atoms with Gasteiger partial charge in [-0.15, -0.1) is 5.10 Å². The van der Waals surface area contributed by atoms with Gasteiger partial charge in [0, 0.05) is 6.54 Å². The van der Waals surface area contributed by atoms with Gasteiger partial charge in [0.25, 0.3) is 0 Å². The number of ether oxygens (including phenoxy) is 2. The first-order chi connectivity index (χ1) is 19.4. The highest BCUT2D eigenvalue weighted by Crippen LogP contribution is 2.40. The smallest absolute Gasteiger partial charge is 0.458 e. The molecule has 0 fully saturated rings. The van der Waals surface area contributed by atoms with Crippen LogP contribution < -0.4 is 14.0 Å². The molecule has 16 heteroatoms.